The fourth-order valence-electron chi connectivity index (χ4n) is 4.01. The van der Waals surface area contributed by atoms with Crippen LogP contribution in [0.3, 0.4) is 0 Å². The van der Waals surface area contributed by atoms with Crippen molar-refractivity contribution in [2.75, 3.05) is 61.8 Å². The van der Waals surface area contributed by atoms with Crippen LogP contribution in [0.15, 0.2) is 59.2 Å². The summed E-state index contributed by atoms with van der Waals surface area (Å²) in [5.74, 6) is 2.27. The van der Waals surface area contributed by atoms with E-state index >= 15 is 0 Å². The van der Waals surface area contributed by atoms with Crippen LogP contribution in [0.2, 0.25) is 0 Å². The molecule has 1 aromatic heterocycles. The van der Waals surface area contributed by atoms with Gasteiger partial charge in [-0.3, -0.25) is 9.59 Å². The minimum absolute atomic E-state index is 0.144. The van der Waals surface area contributed by atoms with Gasteiger partial charge in [0.05, 0.1) is 47.9 Å². The van der Waals surface area contributed by atoms with E-state index in [9.17, 15) is 9.59 Å². The number of amides is 2. The molecule has 0 saturated heterocycles. The maximum absolute atomic E-state index is 13.6. The Kier molecular flexibility index (Phi) is 11.1. The molecule has 39 heavy (non-hydrogen) atoms. The topological polar surface area (TPSA) is 99.9 Å². The van der Waals surface area contributed by atoms with E-state index in [-0.39, 0.29) is 38.1 Å². The molecule has 0 spiro atoms. The zero-order valence-corrected chi connectivity index (χ0v) is 23.1. The summed E-state index contributed by atoms with van der Waals surface area (Å²) >= 11 is 0. The molecule has 0 bridgehead atoms. The summed E-state index contributed by atoms with van der Waals surface area (Å²) in [6.07, 6.45) is 2.13. The summed E-state index contributed by atoms with van der Waals surface area (Å²) in [5.41, 5.74) is 1.32. The molecule has 3 aromatic rings. The van der Waals surface area contributed by atoms with Crippen LogP contribution in [0.4, 0.5) is 0 Å². The third-order valence-electron chi connectivity index (χ3n) is 6.17. The second-order valence-electron chi connectivity index (χ2n) is 8.65. The van der Waals surface area contributed by atoms with Crippen molar-refractivity contribution in [3.8, 4) is 23.0 Å². The van der Waals surface area contributed by atoms with Gasteiger partial charge in [-0.1, -0.05) is 6.07 Å². The maximum Gasteiger partial charge on any atom is 0.254 e. The molecule has 0 aliphatic carbocycles. The van der Waals surface area contributed by atoms with Crippen molar-refractivity contribution in [1.82, 2.24) is 9.80 Å². The van der Waals surface area contributed by atoms with Gasteiger partial charge in [-0.25, -0.2) is 0 Å². The van der Waals surface area contributed by atoms with Crippen LogP contribution >= 0.6 is 0 Å². The lowest BCUT2D eigenvalue weighted by atomic mass is 10.1. The van der Waals surface area contributed by atoms with Crippen molar-refractivity contribution in [3.63, 3.8) is 0 Å². The highest BCUT2D eigenvalue weighted by molar-refractivity contribution is 5.97. The number of hydrogen-bond donors (Lipinski definition) is 0. The lowest BCUT2D eigenvalue weighted by Gasteiger charge is -2.27. The molecular formula is C29H36N2O8. The lowest BCUT2D eigenvalue weighted by molar-refractivity contribution is -0.132. The first-order chi connectivity index (χ1) is 18.9. The molecule has 3 rings (SSSR count). The summed E-state index contributed by atoms with van der Waals surface area (Å²) in [6, 6.07) is 14.2. The number of benzene rings is 2. The van der Waals surface area contributed by atoms with Gasteiger partial charge < -0.3 is 37.9 Å². The molecule has 0 radical (unpaired) electrons. The first-order valence-corrected chi connectivity index (χ1v) is 12.4. The summed E-state index contributed by atoms with van der Waals surface area (Å²) in [5, 5.41) is 0. The Bertz CT molecular complexity index is 1190. The van der Waals surface area contributed by atoms with Crippen LogP contribution in [0.1, 0.15) is 21.7 Å². The predicted octanol–water partition coefficient (Wildman–Crippen LogP) is 3.67. The number of furan rings is 1. The van der Waals surface area contributed by atoms with Gasteiger partial charge in [0.25, 0.3) is 5.91 Å². The summed E-state index contributed by atoms with van der Waals surface area (Å²) in [4.78, 5) is 30.3. The maximum atomic E-state index is 13.6. The highest BCUT2D eigenvalue weighted by Crippen LogP contribution is 2.28. The first-order valence-electron chi connectivity index (χ1n) is 12.4. The van der Waals surface area contributed by atoms with E-state index in [0.717, 1.165) is 5.56 Å². The van der Waals surface area contributed by atoms with E-state index in [1.165, 1.54) is 19.1 Å². The second kappa shape index (κ2) is 14.7. The predicted molar refractivity (Wildman–Crippen MR) is 145 cm³/mol. The van der Waals surface area contributed by atoms with Crippen molar-refractivity contribution in [2.45, 2.75) is 13.0 Å². The van der Waals surface area contributed by atoms with E-state index in [2.05, 4.69) is 0 Å². The Labute approximate surface area is 228 Å². The number of carbonyl (C=O) groups excluding carboxylic acids is 2. The highest BCUT2D eigenvalue weighted by atomic mass is 16.5. The fraction of sp³-hybridized carbons (Fsp3) is 0.379. The average Bonchev–Trinajstić information content (AvgIpc) is 3.49. The molecule has 0 atom stereocenters. The Morgan fingerprint density at radius 3 is 2.10 bits per heavy atom. The number of carbonyl (C=O) groups is 2. The molecule has 2 aromatic carbocycles. The molecule has 0 aliphatic heterocycles. The Balaban J connectivity index is 1.81. The summed E-state index contributed by atoms with van der Waals surface area (Å²) in [7, 11) is 7.74. The molecule has 210 valence electrons. The zero-order valence-electron chi connectivity index (χ0n) is 23.1. The molecule has 0 aliphatic rings. The van der Waals surface area contributed by atoms with Crippen LogP contribution in [-0.2, 0) is 22.5 Å². The molecule has 2 amide bonds. The smallest absolute Gasteiger partial charge is 0.254 e. The van der Waals surface area contributed by atoms with Crippen molar-refractivity contribution in [3.05, 3.63) is 71.7 Å². The Morgan fingerprint density at radius 2 is 1.51 bits per heavy atom. The van der Waals surface area contributed by atoms with E-state index < -0.39 is 0 Å². The van der Waals surface area contributed by atoms with E-state index in [0.29, 0.717) is 47.3 Å². The van der Waals surface area contributed by atoms with Gasteiger partial charge in [0, 0.05) is 31.8 Å². The largest absolute Gasteiger partial charge is 0.497 e. The molecule has 10 heteroatoms. The Morgan fingerprint density at radius 1 is 0.795 bits per heavy atom. The van der Waals surface area contributed by atoms with Gasteiger partial charge in [0.2, 0.25) is 5.91 Å². The molecule has 0 fully saturated rings. The summed E-state index contributed by atoms with van der Waals surface area (Å²) in [6.45, 7) is 1.01. The minimum Gasteiger partial charge on any atom is -0.497 e. The lowest BCUT2D eigenvalue weighted by Crippen LogP contribution is -2.44. The van der Waals surface area contributed by atoms with Crippen LogP contribution in [-0.4, -0.2) is 83.4 Å². The molecule has 0 saturated carbocycles. The van der Waals surface area contributed by atoms with Crippen molar-refractivity contribution in [1.29, 1.82) is 0 Å². The molecular weight excluding hydrogens is 504 g/mol. The van der Waals surface area contributed by atoms with E-state index in [1.54, 1.807) is 56.8 Å². The van der Waals surface area contributed by atoms with Crippen molar-refractivity contribution < 1.29 is 37.7 Å². The van der Waals surface area contributed by atoms with E-state index in [4.69, 9.17) is 28.1 Å². The molecule has 0 unspecified atom stereocenters. The normalized spacial score (nSPS) is 10.6. The molecule has 10 nitrogen and oxygen atoms in total. The fourth-order valence-corrected chi connectivity index (χ4v) is 4.01. The number of rotatable bonds is 15. The number of ether oxygens (including phenoxy) is 5. The van der Waals surface area contributed by atoms with Crippen LogP contribution in [0, 0.1) is 0 Å². The first kappa shape index (κ1) is 29.4. The zero-order chi connectivity index (χ0) is 28.2. The van der Waals surface area contributed by atoms with Crippen LogP contribution < -0.4 is 18.9 Å². The van der Waals surface area contributed by atoms with Gasteiger partial charge in [0.15, 0.2) is 11.5 Å². The standard InChI is InChI=1S/C29H36N2O8/c1-34-14-12-31(29(33)22-16-24(35-2)18-25(17-22)36-3)20-28(32)30(19-23-7-6-13-39-23)11-10-21-8-9-26(37-4)27(15-21)38-5/h6-9,13,15-18H,10-12,14,19-20H2,1-5H3. The SMILES string of the molecule is COCCN(CC(=O)N(CCc1ccc(OC)c(OC)c1)Cc1ccco1)C(=O)c1cc(OC)cc(OC)c1. The van der Waals surface area contributed by atoms with Gasteiger partial charge in [0.1, 0.15) is 23.8 Å². The average molecular weight is 541 g/mol. The Hall–Kier alpha value is -4.18. The quantitative estimate of drug-likeness (QED) is 0.288. The number of nitrogens with zero attached hydrogens (tertiary/aromatic N) is 2. The third-order valence-corrected chi connectivity index (χ3v) is 6.17. The van der Waals surface area contributed by atoms with Gasteiger partial charge in [-0.05, 0) is 48.4 Å². The second-order valence-corrected chi connectivity index (χ2v) is 8.65. The molecule has 0 N–H and O–H groups in total. The van der Waals surface area contributed by atoms with Gasteiger partial charge in [-0.15, -0.1) is 0 Å². The highest BCUT2D eigenvalue weighted by Gasteiger charge is 2.24. The van der Waals surface area contributed by atoms with Gasteiger partial charge >= 0.3 is 0 Å². The monoisotopic (exact) mass is 540 g/mol. The van der Waals surface area contributed by atoms with Gasteiger partial charge in [-0.2, -0.15) is 0 Å². The van der Waals surface area contributed by atoms with Crippen molar-refractivity contribution in [2.24, 2.45) is 0 Å². The van der Waals surface area contributed by atoms with E-state index in [1.807, 2.05) is 24.3 Å². The number of hydrogen-bond acceptors (Lipinski definition) is 8. The summed E-state index contributed by atoms with van der Waals surface area (Å²) < 4.78 is 32.1. The van der Waals surface area contributed by atoms with Crippen LogP contribution in [0.5, 0.6) is 23.0 Å². The minimum atomic E-state index is -0.338. The third kappa shape index (κ3) is 8.15. The number of methoxy groups -OCH3 is 5. The molecule has 1 heterocycles. The van der Waals surface area contributed by atoms with Crippen LogP contribution in [0.25, 0.3) is 0 Å². The van der Waals surface area contributed by atoms with Crippen molar-refractivity contribution >= 4 is 11.8 Å².